The number of nitrogens with one attached hydrogen (secondary N) is 2. The number of benzene rings is 2. The van der Waals surface area contributed by atoms with E-state index in [1.165, 1.54) is 16.5 Å². The number of halogens is 1. The van der Waals surface area contributed by atoms with E-state index >= 15 is 0 Å². The van der Waals surface area contributed by atoms with Crippen molar-refractivity contribution in [3.05, 3.63) is 83.3 Å². The van der Waals surface area contributed by atoms with E-state index in [9.17, 15) is 4.79 Å². The number of fused-ring (bicyclic) bond motifs is 4. The molecule has 1 amide bonds. The zero-order valence-corrected chi connectivity index (χ0v) is 22.7. The van der Waals surface area contributed by atoms with Gasteiger partial charge in [-0.25, -0.2) is 4.68 Å². The molecule has 0 radical (unpaired) electrons. The average molecular weight is 595 g/mol. The zero-order valence-electron chi connectivity index (χ0n) is 20.5. The van der Waals surface area contributed by atoms with Crippen LogP contribution in [0.5, 0.6) is 0 Å². The Hall–Kier alpha value is -2.72. The van der Waals surface area contributed by atoms with E-state index in [1.54, 1.807) is 0 Å². The molecule has 1 fully saturated rings. The summed E-state index contributed by atoms with van der Waals surface area (Å²) in [5.41, 5.74) is 4.81. The van der Waals surface area contributed by atoms with Crippen LogP contribution in [0.15, 0.2) is 60.8 Å². The first-order chi connectivity index (χ1) is 17.6. The maximum absolute atomic E-state index is 13.8. The first-order valence-electron chi connectivity index (χ1n) is 12.7. The molecule has 6 rings (SSSR count). The summed E-state index contributed by atoms with van der Waals surface area (Å²) in [6, 6.07) is 18.8. The molecular formula is C28H31IN6O. The first-order valence-corrected chi connectivity index (χ1v) is 14.3. The molecule has 2 atom stereocenters. The summed E-state index contributed by atoms with van der Waals surface area (Å²) < 4.78 is 2.86. The van der Waals surface area contributed by atoms with E-state index in [2.05, 4.69) is 91.4 Å². The Labute approximate surface area is 224 Å². The number of para-hydroxylation sites is 1. The molecule has 4 aromatic rings. The lowest BCUT2D eigenvalue weighted by atomic mass is 9.67. The van der Waals surface area contributed by atoms with Crippen molar-refractivity contribution in [2.75, 3.05) is 11.0 Å². The molecule has 1 saturated heterocycles. The van der Waals surface area contributed by atoms with Crippen molar-refractivity contribution in [3.8, 4) is 0 Å². The minimum absolute atomic E-state index is 0.179. The van der Waals surface area contributed by atoms with Crippen molar-refractivity contribution < 1.29 is 4.79 Å². The fourth-order valence-corrected chi connectivity index (χ4v) is 7.56. The minimum Gasteiger partial charge on any atom is -0.355 e. The number of hydrogen-bond acceptors (Lipinski definition) is 4. The molecule has 0 bridgehead atoms. The molecule has 36 heavy (non-hydrogen) atoms. The third-order valence-electron chi connectivity index (χ3n) is 8.24. The third-order valence-corrected chi connectivity index (χ3v) is 8.78. The van der Waals surface area contributed by atoms with Crippen LogP contribution < -0.4 is 5.32 Å². The summed E-state index contributed by atoms with van der Waals surface area (Å²) in [5.74, 6) is 0.179. The molecule has 0 unspecified atom stereocenters. The van der Waals surface area contributed by atoms with Crippen LogP contribution in [0.2, 0.25) is 0 Å². The van der Waals surface area contributed by atoms with Gasteiger partial charge in [-0.2, -0.15) is 0 Å². The summed E-state index contributed by atoms with van der Waals surface area (Å²) in [6.07, 6.45) is 5.34. The summed E-state index contributed by atoms with van der Waals surface area (Å²) in [5, 5.41) is 14.0. The summed E-state index contributed by atoms with van der Waals surface area (Å²) >= 11 is 2.46. The van der Waals surface area contributed by atoms with E-state index in [0.29, 0.717) is 19.5 Å². The van der Waals surface area contributed by atoms with E-state index in [-0.39, 0.29) is 11.3 Å². The summed E-state index contributed by atoms with van der Waals surface area (Å²) in [6.45, 7) is 4.16. The summed E-state index contributed by atoms with van der Waals surface area (Å²) in [7, 11) is 0. The number of nitrogens with zero attached hydrogens (tertiary/aromatic N) is 4. The highest BCUT2D eigenvalue weighted by Gasteiger charge is 2.64. The Morgan fingerprint density at radius 2 is 1.89 bits per heavy atom. The Balaban J connectivity index is 1.43. The monoisotopic (exact) mass is 594 g/mol. The smallest absolute Gasteiger partial charge is 0.225 e. The molecule has 2 aromatic carbocycles. The number of carbonyl (C=O) groups is 1. The quantitative estimate of drug-likeness (QED) is 0.239. The maximum atomic E-state index is 13.8. The molecule has 2 aliphatic heterocycles. The molecule has 0 saturated carbocycles. The molecular weight excluding hydrogens is 563 g/mol. The SMILES string of the molecule is CC[C@]1(CCI)CC(=O)N(Cc2cn(Cc3ccccc3)nn2)[C@@]12NCCc1c2[nH]c2ccccc12. The van der Waals surface area contributed by atoms with Crippen LogP contribution in [-0.4, -0.2) is 41.8 Å². The molecule has 4 heterocycles. The molecule has 2 aromatic heterocycles. The van der Waals surface area contributed by atoms with Crippen LogP contribution in [0.1, 0.15) is 48.7 Å². The van der Waals surface area contributed by atoms with Crippen molar-refractivity contribution in [3.63, 3.8) is 0 Å². The van der Waals surface area contributed by atoms with Gasteiger partial charge in [0.25, 0.3) is 0 Å². The Morgan fingerprint density at radius 3 is 2.69 bits per heavy atom. The predicted octanol–water partition coefficient (Wildman–Crippen LogP) is 4.76. The van der Waals surface area contributed by atoms with Crippen LogP contribution in [0.4, 0.5) is 0 Å². The van der Waals surface area contributed by atoms with Gasteiger partial charge >= 0.3 is 0 Å². The maximum Gasteiger partial charge on any atom is 0.225 e. The zero-order chi connectivity index (χ0) is 24.8. The van der Waals surface area contributed by atoms with Gasteiger partial charge in [-0.1, -0.05) is 83.3 Å². The van der Waals surface area contributed by atoms with Gasteiger partial charge < -0.3 is 9.88 Å². The standard InChI is InChI=1S/C28H31IN6O/c1-2-27(13-14-29)16-25(36)35(19-21-18-34(33-32-21)17-20-8-4-3-5-9-20)28(27)26-23(12-15-30-28)22-10-6-7-11-24(22)31-26/h3-11,18,30-31H,2,12-17,19H2,1H3/t27-,28+/m0/s1. The van der Waals surface area contributed by atoms with Gasteiger partial charge in [-0.3, -0.25) is 10.1 Å². The molecule has 186 valence electrons. The van der Waals surface area contributed by atoms with E-state index in [0.717, 1.165) is 47.1 Å². The van der Waals surface area contributed by atoms with Crippen molar-refractivity contribution in [1.82, 2.24) is 30.2 Å². The van der Waals surface area contributed by atoms with E-state index in [4.69, 9.17) is 0 Å². The first kappa shape index (κ1) is 23.7. The number of rotatable bonds is 7. The topological polar surface area (TPSA) is 78.8 Å². The highest BCUT2D eigenvalue weighted by Crippen LogP contribution is 2.57. The molecule has 1 spiro atoms. The van der Waals surface area contributed by atoms with Crippen LogP contribution in [-0.2, 0) is 30.0 Å². The van der Waals surface area contributed by atoms with Crippen LogP contribution >= 0.6 is 22.6 Å². The number of likely N-dealkylation sites (tertiary alicyclic amines) is 1. The average Bonchev–Trinajstić information content (AvgIpc) is 3.56. The van der Waals surface area contributed by atoms with Crippen LogP contribution in [0.25, 0.3) is 10.9 Å². The second-order valence-corrected chi connectivity index (χ2v) is 11.1. The third kappa shape index (κ3) is 3.60. The largest absolute Gasteiger partial charge is 0.355 e. The number of H-pyrrole nitrogens is 1. The normalized spacial score (nSPS) is 23.6. The van der Waals surface area contributed by atoms with E-state index < -0.39 is 5.66 Å². The lowest BCUT2D eigenvalue weighted by molar-refractivity contribution is -0.134. The number of hydrogen-bond donors (Lipinski definition) is 2. The van der Waals surface area contributed by atoms with Gasteiger partial charge in [0.15, 0.2) is 0 Å². The van der Waals surface area contributed by atoms with Crippen molar-refractivity contribution >= 4 is 39.4 Å². The molecule has 8 heteroatoms. The minimum atomic E-state index is -0.597. The van der Waals surface area contributed by atoms with Crippen LogP contribution in [0, 0.1) is 5.41 Å². The molecule has 2 aliphatic rings. The van der Waals surface area contributed by atoms with Crippen molar-refractivity contribution in [2.45, 2.75) is 51.4 Å². The predicted molar refractivity (Wildman–Crippen MR) is 149 cm³/mol. The van der Waals surface area contributed by atoms with Gasteiger partial charge in [0.1, 0.15) is 11.4 Å². The number of amides is 1. The highest BCUT2D eigenvalue weighted by atomic mass is 127. The van der Waals surface area contributed by atoms with Gasteiger partial charge in [-0.15, -0.1) is 5.10 Å². The molecule has 7 nitrogen and oxygen atoms in total. The van der Waals surface area contributed by atoms with Gasteiger partial charge in [0.2, 0.25) is 5.91 Å². The van der Waals surface area contributed by atoms with Crippen molar-refractivity contribution in [2.24, 2.45) is 5.41 Å². The number of aromatic amines is 1. The second-order valence-electron chi connectivity index (χ2n) is 10.0. The Morgan fingerprint density at radius 1 is 1.08 bits per heavy atom. The fourth-order valence-electron chi connectivity index (χ4n) is 6.53. The molecule has 0 aliphatic carbocycles. The van der Waals surface area contributed by atoms with E-state index in [1.807, 2.05) is 29.1 Å². The molecule has 2 N–H and O–H groups in total. The number of alkyl halides is 1. The Kier molecular flexibility index (Phi) is 6.11. The number of aromatic nitrogens is 4. The Bertz CT molecular complexity index is 1400. The summed E-state index contributed by atoms with van der Waals surface area (Å²) in [4.78, 5) is 19.7. The van der Waals surface area contributed by atoms with Crippen LogP contribution in [0.3, 0.4) is 0 Å². The lowest BCUT2D eigenvalue weighted by Gasteiger charge is -2.51. The second kappa shape index (κ2) is 9.30. The lowest BCUT2D eigenvalue weighted by Crippen LogP contribution is -2.63. The van der Waals surface area contributed by atoms with Gasteiger partial charge in [-0.05, 0) is 36.5 Å². The highest BCUT2D eigenvalue weighted by molar-refractivity contribution is 14.1. The van der Waals surface area contributed by atoms with Gasteiger partial charge in [0, 0.05) is 33.7 Å². The van der Waals surface area contributed by atoms with Gasteiger partial charge in [0.05, 0.1) is 25.0 Å². The van der Waals surface area contributed by atoms with Crippen molar-refractivity contribution in [1.29, 1.82) is 0 Å². The number of carbonyl (C=O) groups excluding carboxylic acids is 1. The fraction of sp³-hybridized carbons (Fsp3) is 0.393.